The molecule has 8 heteroatoms. The summed E-state index contributed by atoms with van der Waals surface area (Å²) in [7, 11) is 3.20. The van der Waals surface area contributed by atoms with Crippen LogP contribution in [-0.4, -0.2) is 36.7 Å². The monoisotopic (exact) mass is 551 g/mol. The van der Waals surface area contributed by atoms with E-state index in [1.807, 2.05) is 48.5 Å². The number of methoxy groups -OCH3 is 2. The van der Waals surface area contributed by atoms with Gasteiger partial charge in [-0.2, -0.15) is 9.78 Å². The molecule has 0 aliphatic heterocycles. The predicted molar refractivity (Wildman–Crippen MR) is 163 cm³/mol. The molecule has 0 aliphatic rings. The van der Waals surface area contributed by atoms with Gasteiger partial charge in [-0.25, -0.2) is 4.98 Å². The molecule has 41 heavy (non-hydrogen) atoms. The van der Waals surface area contributed by atoms with Crippen molar-refractivity contribution in [2.75, 3.05) is 20.8 Å². The Morgan fingerprint density at radius 2 is 1.78 bits per heavy atom. The zero-order valence-corrected chi connectivity index (χ0v) is 23.9. The lowest BCUT2D eigenvalue weighted by atomic mass is 9.98. The summed E-state index contributed by atoms with van der Waals surface area (Å²) in [6.07, 6.45) is 3.99. The van der Waals surface area contributed by atoms with Crippen molar-refractivity contribution in [3.05, 3.63) is 94.8 Å². The first-order chi connectivity index (χ1) is 19.7. The summed E-state index contributed by atoms with van der Waals surface area (Å²) in [6.45, 7) is 10.7. The van der Waals surface area contributed by atoms with Crippen LogP contribution in [0.25, 0.3) is 33.5 Å². The summed E-state index contributed by atoms with van der Waals surface area (Å²) in [5.74, 6) is 2.56. The Bertz CT molecular complexity index is 1830. The summed E-state index contributed by atoms with van der Waals surface area (Å²) in [5, 5.41) is 5.82. The lowest BCUT2D eigenvalue weighted by Gasteiger charge is -2.22. The molecular weight excluding hydrogens is 518 g/mol. The summed E-state index contributed by atoms with van der Waals surface area (Å²) in [5.41, 5.74) is 2.43. The van der Waals surface area contributed by atoms with Crippen LogP contribution in [0.4, 0.5) is 0 Å². The molecule has 0 saturated heterocycles. The van der Waals surface area contributed by atoms with Gasteiger partial charge in [0, 0.05) is 5.56 Å². The molecule has 0 radical (unpaired) electrons. The number of hydrogen-bond acceptors (Lipinski definition) is 7. The maximum absolute atomic E-state index is 13.7. The number of aromatic nitrogens is 2. The maximum atomic E-state index is 13.7. The molecule has 0 amide bonds. The predicted octanol–water partition coefficient (Wildman–Crippen LogP) is 6.86. The Morgan fingerprint density at radius 1 is 1.00 bits per heavy atom. The number of nitrogens with zero attached hydrogens (tertiary/aromatic N) is 3. The molecule has 0 N–H and O–H groups in total. The van der Waals surface area contributed by atoms with Crippen molar-refractivity contribution < 1.29 is 18.6 Å². The third-order valence-corrected chi connectivity index (χ3v) is 6.43. The lowest BCUT2D eigenvalue weighted by molar-refractivity contribution is 0.190. The molecule has 0 spiro atoms. The normalized spacial score (nSPS) is 11.8. The zero-order chi connectivity index (χ0) is 29.1. The van der Waals surface area contributed by atoms with Gasteiger partial charge in [-0.05, 0) is 59.9 Å². The molecule has 210 valence electrons. The van der Waals surface area contributed by atoms with E-state index >= 15 is 0 Å². The zero-order valence-electron chi connectivity index (χ0n) is 23.9. The number of rotatable bonds is 9. The number of fused-ring (bicyclic) bond motifs is 2. The Hall–Kier alpha value is -4.85. The highest BCUT2D eigenvalue weighted by molar-refractivity contribution is 5.89. The third-order valence-electron chi connectivity index (χ3n) is 6.43. The van der Waals surface area contributed by atoms with E-state index in [9.17, 15) is 4.79 Å². The van der Waals surface area contributed by atoms with Gasteiger partial charge in [-0.1, -0.05) is 45.0 Å². The highest BCUT2D eigenvalue weighted by atomic mass is 16.5. The fraction of sp³-hybridized carbons (Fsp3) is 0.242. The van der Waals surface area contributed by atoms with Gasteiger partial charge in [0.05, 0.1) is 43.3 Å². The first-order valence-corrected chi connectivity index (χ1v) is 13.3. The molecule has 0 atom stereocenters. The average Bonchev–Trinajstić information content (AvgIpc) is 3.40. The molecule has 0 saturated carbocycles. The van der Waals surface area contributed by atoms with Gasteiger partial charge in [-0.15, -0.1) is 6.58 Å². The number of furan rings is 1. The van der Waals surface area contributed by atoms with Crippen LogP contribution in [0.5, 0.6) is 17.2 Å². The van der Waals surface area contributed by atoms with Gasteiger partial charge in [0.15, 0.2) is 17.3 Å². The van der Waals surface area contributed by atoms with E-state index < -0.39 is 0 Å². The van der Waals surface area contributed by atoms with Crippen LogP contribution in [0.2, 0.25) is 0 Å². The van der Waals surface area contributed by atoms with Crippen molar-refractivity contribution in [3.8, 4) is 28.8 Å². The van der Waals surface area contributed by atoms with Crippen LogP contribution < -0.4 is 19.8 Å². The minimum atomic E-state index is -0.322. The molecule has 8 nitrogen and oxygen atoms in total. The average molecular weight is 552 g/mol. The topological polar surface area (TPSA) is 88.1 Å². The van der Waals surface area contributed by atoms with Gasteiger partial charge >= 0.3 is 0 Å². The Morgan fingerprint density at radius 3 is 2.51 bits per heavy atom. The van der Waals surface area contributed by atoms with E-state index in [2.05, 4.69) is 32.5 Å². The highest BCUT2D eigenvalue weighted by Gasteiger charge is 2.19. The summed E-state index contributed by atoms with van der Waals surface area (Å²) in [4.78, 5) is 18.5. The second kappa shape index (κ2) is 11.3. The van der Waals surface area contributed by atoms with Crippen LogP contribution in [0.1, 0.15) is 31.9 Å². The van der Waals surface area contributed by atoms with Crippen LogP contribution in [0.3, 0.4) is 0 Å². The molecule has 5 rings (SSSR count). The van der Waals surface area contributed by atoms with Gasteiger partial charge in [0.2, 0.25) is 5.82 Å². The number of hydrogen-bond donors (Lipinski definition) is 0. The Kier molecular flexibility index (Phi) is 7.66. The first kappa shape index (κ1) is 27.7. The quantitative estimate of drug-likeness (QED) is 0.147. The van der Waals surface area contributed by atoms with Crippen LogP contribution in [0, 0.1) is 5.41 Å². The van der Waals surface area contributed by atoms with Crippen molar-refractivity contribution >= 4 is 28.1 Å². The SMILES string of the molecule is C=CCc1cc(C=Nn2c(-c3cc4c(OC)cccc4o3)nc3ccccc3c2=O)cc(OC)c1OCC(C)(C)C. The van der Waals surface area contributed by atoms with E-state index in [-0.39, 0.29) is 16.8 Å². The minimum Gasteiger partial charge on any atom is -0.496 e. The second-order valence-corrected chi connectivity index (χ2v) is 10.9. The standard InChI is InChI=1S/C33H33N3O5/c1-7-11-22-16-21(17-28(39-6)30(22)40-20-33(2,3)4)19-34-36-31(35-25-13-9-8-12-23(25)32(36)37)29-18-24-26(38-5)14-10-15-27(24)41-29/h7-10,12-19H,1,11,20H2,2-6H3. The summed E-state index contributed by atoms with van der Waals surface area (Å²) >= 11 is 0. The molecule has 2 aromatic heterocycles. The molecule has 2 heterocycles. The molecular formula is C33H33N3O5. The molecule has 0 aliphatic carbocycles. The minimum absolute atomic E-state index is 0.0298. The lowest BCUT2D eigenvalue weighted by Crippen LogP contribution is -2.20. The Balaban J connectivity index is 1.65. The maximum Gasteiger partial charge on any atom is 0.282 e. The van der Waals surface area contributed by atoms with Gasteiger partial charge in [-0.3, -0.25) is 4.79 Å². The van der Waals surface area contributed by atoms with Crippen molar-refractivity contribution in [1.82, 2.24) is 9.66 Å². The fourth-order valence-electron chi connectivity index (χ4n) is 4.51. The van der Waals surface area contributed by atoms with Crippen molar-refractivity contribution in [2.45, 2.75) is 27.2 Å². The molecule has 0 bridgehead atoms. The van der Waals surface area contributed by atoms with Crippen LogP contribution >= 0.6 is 0 Å². The van der Waals surface area contributed by atoms with Crippen LogP contribution in [0.15, 0.2) is 87.6 Å². The fourth-order valence-corrected chi connectivity index (χ4v) is 4.51. The molecule has 0 fully saturated rings. The van der Waals surface area contributed by atoms with E-state index in [0.29, 0.717) is 52.5 Å². The van der Waals surface area contributed by atoms with Gasteiger partial charge in [0.25, 0.3) is 5.56 Å². The summed E-state index contributed by atoms with van der Waals surface area (Å²) < 4.78 is 24.8. The van der Waals surface area contributed by atoms with Crippen molar-refractivity contribution in [3.63, 3.8) is 0 Å². The third kappa shape index (κ3) is 5.72. The Labute approximate surface area is 238 Å². The van der Waals surface area contributed by atoms with Gasteiger partial charge < -0.3 is 18.6 Å². The summed E-state index contributed by atoms with van der Waals surface area (Å²) in [6, 6.07) is 18.3. The van der Waals surface area contributed by atoms with Crippen LogP contribution in [-0.2, 0) is 6.42 Å². The van der Waals surface area contributed by atoms with Gasteiger partial charge in [0.1, 0.15) is 11.3 Å². The second-order valence-electron chi connectivity index (χ2n) is 10.9. The molecule has 0 unspecified atom stereocenters. The number of allylic oxidation sites excluding steroid dienone is 1. The largest absolute Gasteiger partial charge is 0.496 e. The van der Waals surface area contributed by atoms with E-state index in [1.54, 1.807) is 38.6 Å². The number of ether oxygens (including phenoxy) is 3. The van der Waals surface area contributed by atoms with Crippen molar-refractivity contribution in [1.29, 1.82) is 0 Å². The van der Waals surface area contributed by atoms with E-state index in [0.717, 1.165) is 16.5 Å². The molecule has 5 aromatic rings. The van der Waals surface area contributed by atoms with E-state index in [4.69, 9.17) is 23.6 Å². The first-order valence-electron chi connectivity index (χ1n) is 13.3. The molecule has 3 aromatic carbocycles. The van der Waals surface area contributed by atoms with Crippen molar-refractivity contribution in [2.24, 2.45) is 10.5 Å². The van der Waals surface area contributed by atoms with E-state index in [1.165, 1.54) is 4.68 Å². The highest BCUT2D eigenvalue weighted by Crippen LogP contribution is 2.35. The number of para-hydroxylation sites is 1. The number of benzene rings is 3. The smallest absolute Gasteiger partial charge is 0.282 e.